The highest BCUT2D eigenvalue weighted by Crippen LogP contribution is 2.28. The van der Waals surface area contributed by atoms with Crippen molar-refractivity contribution in [2.45, 2.75) is 22.8 Å². The number of hydrogen-bond acceptors (Lipinski definition) is 6. The third-order valence-corrected chi connectivity index (χ3v) is 7.43. The Morgan fingerprint density at radius 3 is 2.18 bits per heavy atom. The number of benzene rings is 3. The molecule has 1 amide bonds. The second-order valence-electron chi connectivity index (χ2n) is 7.25. The summed E-state index contributed by atoms with van der Waals surface area (Å²) in [5.74, 6) is -0.411. The van der Waals surface area contributed by atoms with E-state index in [1.54, 1.807) is 6.92 Å². The number of primary sulfonamides is 1. The molecule has 0 unspecified atom stereocenters. The van der Waals surface area contributed by atoms with E-state index < -0.39 is 38.6 Å². The first-order chi connectivity index (χ1) is 16.0. The minimum absolute atomic E-state index is 0.0144. The van der Waals surface area contributed by atoms with Crippen molar-refractivity contribution in [2.75, 3.05) is 11.9 Å². The molecular weight excluding hydrogens is 502 g/mol. The van der Waals surface area contributed by atoms with E-state index in [0.717, 1.165) is 5.56 Å². The summed E-state index contributed by atoms with van der Waals surface area (Å²) in [7, 11) is -7.69. The van der Waals surface area contributed by atoms with E-state index in [-0.39, 0.29) is 20.6 Å². The lowest BCUT2D eigenvalue weighted by molar-refractivity contribution is -0.118. The Labute approximate surface area is 203 Å². The Hall–Kier alpha value is -2.96. The Morgan fingerprint density at radius 2 is 1.59 bits per heavy atom. The summed E-state index contributed by atoms with van der Waals surface area (Å²) in [6.45, 7) is 1.32. The molecule has 0 spiro atoms. The molecule has 0 bridgehead atoms. The van der Waals surface area contributed by atoms with Gasteiger partial charge in [0.1, 0.15) is 5.75 Å². The predicted molar refractivity (Wildman–Crippen MR) is 129 cm³/mol. The molecule has 0 fully saturated rings. The fourth-order valence-corrected chi connectivity index (χ4v) is 5.02. The summed E-state index contributed by atoms with van der Waals surface area (Å²) >= 11 is 6.18. The second-order valence-corrected chi connectivity index (χ2v) is 10.9. The predicted octanol–water partition coefficient (Wildman–Crippen LogP) is 3.04. The number of nitrogens with two attached hydrogens (primary N) is 1. The zero-order chi connectivity index (χ0) is 24.9. The van der Waals surface area contributed by atoms with Crippen LogP contribution in [-0.4, -0.2) is 29.3 Å². The molecule has 180 valence electrons. The first-order valence-corrected chi connectivity index (χ1v) is 13.3. The molecule has 3 aromatic carbocycles. The van der Waals surface area contributed by atoms with Crippen LogP contribution < -0.4 is 19.9 Å². The van der Waals surface area contributed by atoms with Crippen LogP contribution in [0.15, 0.2) is 82.6 Å². The maximum atomic E-state index is 12.7. The van der Waals surface area contributed by atoms with Gasteiger partial charge in [0.25, 0.3) is 5.91 Å². The van der Waals surface area contributed by atoms with Gasteiger partial charge in [0.2, 0.25) is 20.0 Å². The monoisotopic (exact) mass is 523 g/mol. The van der Waals surface area contributed by atoms with Crippen molar-refractivity contribution in [3.8, 4) is 5.75 Å². The quantitative estimate of drug-likeness (QED) is 0.393. The van der Waals surface area contributed by atoms with Gasteiger partial charge in [-0.2, -0.15) is 0 Å². The molecule has 4 N–H and O–H groups in total. The van der Waals surface area contributed by atoms with Crippen LogP contribution in [0, 0.1) is 0 Å². The van der Waals surface area contributed by atoms with Gasteiger partial charge >= 0.3 is 0 Å². The van der Waals surface area contributed by atoms with E-state index >= 15 is 0 Å². The Morgan fingerprint density at radius 1 is 0.971 bits per heavy atom. The fraction of sp³-hybridized carbons (Fsp3) is 0.136. The average molecular weight is 524 g/mol. The van der Waals surface area contributed by atoms with Crippen LogP contribution in [0.3, 0.4) is 0 Å². The number of nitrogens with one attached hydrogen (secondary N) is 2. The zero-order valence-corrected chi connectivity index (χ0v) is 20.3. The highest BCUT2D eigenvalue weighted by Gasteiger charge is 2.20. The second kappa shape index (κ2) is 10.5. The molecular formula is C22H22ClN3O6S2. The summed E-state index contributed by atoms with van der Waals surface area (Å²) in [4.78, 5) is 12.0. The molecule has 0 aliphatic carbocycles. The summed E-state index contributed by atoms with van der Waals surface area (Å²) in [6, 6.07) is 17.9. The molecule has 0 aliphatic rings. The number of rotatable bonds is 9. The van der Waals surface area contributed by atoms with Crippen LogP contribution in [0.5, 0.6) is 5.75 Å². The van der Waals surface area contributed by atoms with E-state index in [1.807, 2.05) is 30.3 Å². The summed E-state index contributed by atoms with van der Waals surface area (Å²) in [6.07, 6.45) is 0. The van der Waals surface area contributed by atoms with Gasteiger partial charge < -0.3 is 10.1 Å². The standard InChI is InChI=1S/C22H22ClN3O6S2/c1-15(16-5-3-2-4-6-16)26-34(30,31)19-11-12-21(20(23)13-19)32-14-22(27)25-17-7-9-18(10-8-17)33(24,28)29/h2-13,15,26H,14H2,1H3,(H,25,27)(H2,24,28,29)/t15-/m1/s1. The van der Waals surface area contributed by atoms with Crippen molar-refractivity contribution in [1.82, 2.24) is 4.72 Å². The zero-order valence-electron chi connectivity index (χ0n) is 17.9. The molecule has 0 saturated carbocycles. The summed E-state index contributed by atoms with van der Waals surface area (Å²) < 4.78 is 56.0. The first kappa shape index (κ1) is 25.7. The van der Waals surface area contributed by atoms with Gasteiger partial charge in [-0.15, -0.1) is 0 Å². The lowest BCUT2D eigenvalue weighted by Crippen LogP contribution is -2.27. The topological polar surface area (TPSA) is 145 Å². The van der Waals surface area contributed by atoms with Crippen LogP contribution >= 0.6 is 11.6 Å². The largest absolute Gasteiger partial charge is 0.482 e. The summed E-state index contributed by atoms with van der Waals surface area (Å²) in [5.41, 5.74) is 1.15. The molecule has 0 saturated heterocycles. The number of hydrogen-bond donors (Lipinski definition) is 3. The van der Waals surface area contributed by atoms with Crippen molar-refractivity contribution in [3.63, 3.8) is 0 Å². The van der Waals surface area contributed by atoms with Crippen LogP contribution in [0.25, 0.3) is 0 Å². The molecule has 0 aromatic heterocycles. The van der Waals surface area contributed by atoms with E-state index in [2.05, 4.69) is 10.0 Å². The molecule has 0 aliphatic heterocycles. The van der Waals surface area contributed by atoms with Gasteiger partial charge in [0.15, 0.2) is 6.61 Å². The van der Waals surface area contributed by atoms with Crippen molar-refractivity contribution in [1.29, 1.82) is 0 Å². The van der Waals surface area contributed by atoms with E-state index in [9.17, 15) is 21.6 Å². The van der Waals surface area contributed by atoms with E-state index in [0.29, 0.717) is 5.69 Å². The Balaban J connectivity index is 1.61. The molecule has 3 aromatic rings. The van der Waals surface area contributed by atoms with Crippen molar-refractivity contribution in [2.24, 2.45) is 5.14 Å². The number of sulfonamides is 2. The minimum Gasteiger partial charge on any atom is -0.482 e. The Bertz CT molecular complexity index is 1380. The first-order valence-electron chi connectivity index (χ1n) is 9.88. The van der Waals surface area contributed by atoms with Crippen LogP contribution in [0.4, 0.5) is 5.69 Å². The number of carbonyl (C=O) groups is 1. The van der Waals surface area contributed by atoms with Gasteiger partial charge in [-0.3, -0.25) is 4.79 Å². The van der Waals surface area contributed by atoms with Crippen molar-refractivity contribution >= 4 is 43.2 Å². The molecule has 34 heavy (non-hydrogen) atoms. The Kier molecular flexibility index (Phi) is 7.95. The van der Waals surface area contributed by atoms with Crippen molar-refractivity contribution in [3.05, 3.63) is 83.4 Å². The number of amides is 1. The highest BCUT2D eigenvalue weighted by atomic mass is 35.5. The normalized spacial score (nSPS) is 12.7. The highest BCUT2D eigenvalue weighted by molar-refractivity contribution is 7.89. The van der Waals surface area contributed by atoms with Crippen LogP contribution in [-0.2, 0) is 24.8 Å². The molecule has 1 atom stereocenters. The average Bonchev–Trinajstić information content (AvgIpc) is 2.78. The van der Waals surface area contributed by atoms with Gasteiger partial charge in [0, 0.05) is 11.7 Å². The number of ether oxygens (including phenoxy) is 1. The van der Waals surface area contributed by atoms with Crippen LogP contribution in [0.2, 0.25) is 5.02 Å². The third kappa shape index (κ3) is 6.78. The lowest BCUT2D eigenvalue weighted by Gasteiger charge is -2.15. The number of carbonyl (C=O) groups excluding carboxylic acids is 1. The van der Waals surface area contributed by atoms with Gasteiger partial charge in [0.05, 0.1) is 14.8 Å². The molecule has 3 rings (SSSR count). The SMILES string of the molecule is C[C@@H](NS(=O)(=O)c1ccc(OCC(=O)Nc2ccc(S(N)(=O)=O)cc2)c(Cl)c1)c1ccccc1. The minimum atomic E-state index is -3.85. The third-order valence-electron chi connectivity index (χ3n) is 4.67. The molecule has 9 nitrogen and oxygen atoms in total. The lowest BCUT2D eigenvalue weighted by atomic mass is 10.1. The molecule has 0 radical (unpaired) electrons. The molecule has 0 heterocycles. The smallest absolute Gasteiger partial charge is 0.262 e. The van der Waals surface area contributed by atoms with Gasteiger partial charge in [-0.25, -0.2) is 26.7 Å². The van der Waals surface area contributed by atoms with Gasteiger partial charge in [-0.05, 0) is 55.0 Å². The summed E-state index contributed by atoms with van der Waals surface area (Å²) in [5, 5.41) is 7.58. The maximum Gasteiger partial charge on any atom is 0.262 e. The van der Waals surface area contributed by atoms with E-state index in [1.165, 1.54) is 42.5 Å². The van der Waals surface area contributed by atoms with E-state index in [4.69, 9.17) is 21.5 Å². The fourth-order valence-electron chi connectivity index (χ4n) is 2.94. The van der Waals surface area contributed by atoms with Gasteiger partial charge in [-0.1, -0.05) is 41.9 Å². The van der Waals surface area contributed by atoms with Crippen LogP contribution in [0.1, 0.15) is 18.5 Å². The molecule has 12 heteroatoms. The van der Waals surface area contributed by atoms with Crippen molar-refractivity contribution < 1.29 is 26.4 Å². The number of anilines is 1. The maximum absolute atomic E-state index is 12.7. The number of halogens is 1.